The van der Waals surface area contributed by atoms with Gasteiger partial charge in [0.25, 0.3) is 5.91 Å². The number of benzene rings is 2. The first-order valence-corrected chi connectivity index (χ1v) is 10.1. The minimum Gasteiger partial charge on any atom is -0.358 e. The number of rotatable bonds is 4. The number of carbonyl (C=O) groups is 1. The lowest BCUT2D eigenvalue weighted by atomic mass is 9.95. The van der Waals surface area contributed by atoms with E-state index in [-0.39, 0.29) is 11.9 Å². The molecule has 1 aliphatic carbocycles. The maximum atomic E-state index is 12.9. The Morgan fingerprint density at radius 3 is 2.76 bits per heavy atom. The number of H-pyrrole nitrogens is 1. The van der Waals surface area contributed by atoms with Crippen molar-refractivity contribution in [3.8, 4) is 5.69 Å². The summed E-state index contributed by atoms with van der Waals surface area (Å²) in [5.74, 6) is -0.0505. The molecule has 0 saturated carbocycles. The van der Waals surface area contributed by atoms with Gasteiger partial charge in [-0.3, -0.25) is 4.79 Å². The molecule has 0 spiro atoms. The number of fused-ring (bicyclic) bond motifs is 3. The van der Waals surface area contributed by atoms with Crippen molar-refractivity contribution in [3.05, 3.63) is 77.5 Å². The van der Waals surface area contributed by atoms with Crippen molar-refractivity contribution in [2.24, 2.45) is 0 Å². The highest BCUT2D eigenvalue weighted by Gasteiger charge is 2.18. The molecule has 0 aliphatic heterocycles. The molecule has 2 aromatic carbocycles. The number of carbonyl (C=O) groups excluding carboxylic acids is 1. The van der Waals surface area contributed by atoms with Crippen LogP contribution in [-0.2, 0) is 12.8 Å². The molecule has 1 atom stereocenters. The van der Waals surface area contributed by atoms with E-state index >= 15 is 0 Å². The van der Waals surface area contributed by atoms with Crippen molar-refractivity contribution in [1.82, 2.24) is 25.1 Å². The van der Waals surface area contributed by atoms with Gasteiger partial charge in [0.1, 0.15) is 12.7 Å². The Morgan fingerprint density at radius 2 is 1.97 bits per heavy atom. The topological polar surface area (TPSA) is 75.6 Å². The SMILES string of the molecule is CC(NC(=O)c1ccc2[nH]c3c(c2c1)CCCC3)c1ccc(-n2cncn2)cc1. The van der Waals surface area contributed by atoms with Crippen molar-refractivity contribution in [2.45, 2.75) is 38.6 Å². The maximum Gasteiger partial charge on any atom is 0.251 e. The van der Waals surface area contributed by atoms with E-state index in [1.54, 1.807) is 11.0 Å². The molecular formula is C23H23N5O. The number of nitrogens with one attached hydrogen (secondary N) is 2. The monoisotopic (exact) mass is 385 g/mol. The van der Waals surface area contributed by atoms with Crippen molar-refractivity contribution in [3.63, 3.8) is 0 Å². The number of aryl methyl sites for hydroxylation is 2. The van der Waals surface area contributed by atoms with Gasteiger partial charge in [0.05, 0.1) is 11.7 Å². The van der Waals surface area contributed by atoms with Crippen molar-refractivity contribution in [2.75, 3.05) is 0 Å². The van der Waals surface area contributed by atoms with Gasteiger partial charge in [-0.2, -0.15) is 5.10 Å². The Kier molecular flexibility index (Phi) is 4.39. The average Bonchev–Trinajstić information content (AvgIpc) is 3.41. The molecule has 0 saturated heterocycles. The second kappa shape index (κ2) is 7.20. The Labute approximate surface area is 169 Å². The fraction of sp³-hybridized carbons (Fsp3) is 0.261. The minimum atomic E-state index is -0.0943. The van der Waals surface area contributed by atoms with Crippen LogP contribution in [0.3, 0.4) is 0 Å². The number of aromatic nitrogens is 4. The molecule has 5 rings (SSSR count). The van der Waals surface area contributed by atoms with Crippen LogP contribution in [0.1, 0.15) is 53.0 Å². The van der Waals surface area contributed by atoms with E-state index in [1.165, 1.54) is 35.8 Å². The molecule has 2 aromatic heterocycles. The lowest BCUT2D eigenvalue weighted by molar-refractivity contribution is 0.0940. The van der Waals surface area contributed by atoms with E-state index in [0.29, 0.717) is 5.56 Å². The fourth-order valence-corrected chi connectivity index (χ4v) is 4.17. The molecule has 1 aliphatic rings. The summed E-state index contributed by atoms with van der Waals surface area (Å²) >= 11 is 0. The van der Waals surface area contributed by atoms with Gasteiger partial charge in [0.2, 0.25) is 0 Å². The van der Waals surface area contributed by atoms with Gasteiger partial charge in [-0.25, -0.2) is 9.67 Å². The summed E-state index contributed by atoms with van der Waals surface area (Å²) in [5, 5.41) is 8.44. The highest BCUT2D eigenvalue weighted by molar-refractivity contribution is 5.99. The zero-order valence-corrected chi connectivity index (χ0v) is 16.4. The van der Waals surface area contributed by atoms with Gasteiger partial charge < -0.3 is 10.3 Å². The second-order valence-electron chi connectivity index (χ2n) is 7.68. The molecule has 0 radical (unpaired) electrons. The van der Waals surface area contributed by atoms with E-state index in [2.05, 4.69) is 20.4 Å². The van der Waals surface area contributed by atoms with Crippen molar-refractivity contribution in [1.29, 1.82) is 0 Å². The number of amides is 1. The Morgan fingerprint density at radius 1 is 1.14 bits per heavy atom. The number of nitrogens with zero attached hydrogens (tertiary/aromatic N) is 3. The molecule has 2 N–H and O–H groups in total. The summed E-state index contributed by atoms with van der Waals surface area (Å²) in [4.78, 5) is 20.4. The quantitative estimate of drug-likeness (QED) is 0.555. The Balaban J connectivity index is 1.34. The van der Waals surface area contributed by atoms with Crippen LogP contribution in [0.4, 0.5) is 0 Å². The highest BCUT2D eigenvalue weighted by atomic mass is 16.1. The predicted molar refractivity (Wildman–Crippen MR) is 112 cm³/mol. The van der Waals surface area contributed by atoms with Crippen LogP contribution in [-0.4, -0.2) is 25.7 Å². The van der Waals surface area contributed by atoms with Crippen LogP contribution < -0.4 is 5.32 Å². The summed E-state index contributed by atoms with van der Waals surface area (Å²) in [6.07, 6.45) is 7.83. The smallest absolute Gasteiger partial charge is 0.251 e. The van der Waals surface area contributed by atoms with Gasteiger partial charge >= 0.3 is 0 Å². The molecule has 0 fully saturated rings. The Hall–Kier alpha value is -3.41. The van der Waals surface area contributed by atoms with Gasteiger partial charge in [0, 0.05) is 22.2 Å². The van der Waals surface area contributed by atoms with E-state index in [1.807, 2.05) is 49.4 Å². The first kappa shape index (κ1) is 17.7. The molecule has 4 aromatic rings. The first-order valence-electron chi connectivity index (χ1n) is 10.1. The van der Waals surface area contributed by atoms with E-state index in [0.717, 1.165) is 29.6 Å². The molecule has 29 heavy (non-hydrogen) atoms. The van der Waals surface area contributed by atoms with Crippen LogP contribution in [0.15, 0.2) is 55.1 Å². The van der Waals surface area contributed by atoms with Crippen LogP contribution in [0.25, 0.3) is 16.6 Å². The molecule has 6 nitrogen and oxygen atoms in total. The summed E-state index contributed by atoms with van der Waals surface area (Å²) in [7, 11) is 0. The summed E-state index contributed by atoms with van der Waals surface area (Å²) in [6, 6.07) is 13.8. The van der Waals surface area contributed by atoms with Gasteiger partial charge in [-0.15, -0.1) is 0 Å². The zero-order chi connectivity index (χ0) is 19.8. The molecule has 2 heterocycles. The third-order valence-electron chi connectivity index (χ3n) is 5.78. The van der Waals surface area contributed by atoms with Crippen molar-refractivity contribution < 1.29 is 4.79 Å². The third kappa shape index (κ3) is 3.31. The molecule has 1 unspecified atom stereocenters. The summed E-state index contributed by atoms with van der Waals surface area (Å²) in [5.41, 5.74) is 6.54. The lowest BCUT2D eigenvalue weighted by Gasteiger charge is -2.15. The molecule has 146 valence electrons. The van der Waals surface area contributed by atoms with Crippen LogP contribution in [0.2, 0.25) is 0 Å². The predicted octanol–water partition coefficient (Wildman–Crippen LogP) is 4.12. The summed E-state index contributed by atoms with van der Waals surface area (Å²) < 4.78 is 1.71. The van der Waals surface area contributed by atoms with Crippen LogP contribution in [0.5, 0.6) is 0 Å². The lowest BCUT2D eigenvalue weighted by Crippen LogP contribution is -2.26. The summed E-state index contributed by atoms with van der Waals surface area (Å²) in [6.45, 7) is 2.00. The normalized spacial score (nSPS) is 14.5. The van der Waals surface area contributed by atoms with Gasteiger partial charge in [-0.05, 0) is 74.1 Å². The van der Waals surface area contributed by atoms with Gasteiger partial charge in [0.15, 0.2) is 0 Å². The number of aromatic amines is 1. The van der Waals surface area contributed by atoms with E-state index in [9.17, 15) is 4.79 Å². The van der Waals surface area contributed by atoms with Crippen molar-refractivity contribution >= 4 is 16.8 Å². The van der Waals surface area contributed by atoms with Gasteiger partial charge in [-0.1, -0.05) is 12.1 Å². The van der Waals surface area contributed by atoms with E-state index < -0.39 is 0 Å². The molecule has 6 heteroatoms. The molecule has 0 bridgehead atoms. The maximum absolute atomic E-state index is 12.9. The minimum absolute atomic E-state index is 0.0505. The fourth-order valence-electron chi connectivity index (χ4n) is 4.17. The average molecular weight is 385 g/mol. The standard InChI is InChI=1S/C23H23N5O/c1-15(16-6-9-18(10-7-16)28-14-24-13-25-28)26-23(29)17-8-11-22-20(12-17)19-4-2-3-5-21(19)27-22/h6-15,27H,2-5H2,1H3,(H,26,29). The Bertz CT molecular complexity index is 1160. The number of hydrogen-bond donors (Lipinski definition) is 2. The highest BCUT2D eigenvalue weighted by Crippen LogP contribution is 2.29. The third-order valence-corrected chi connectivity index (χ3v) is 5.78. The number of hydrogen-bond acceptors (Lipinski definition) is 3. The second-order valence-corrected chi connectivity index (χ2v) is 7.68. The molecule has 1 amide bonds. The van der Waals surface area contributed by atoms with Crippen LogP contribution in [0, 0.1) is 0 Å². The molecular weight excluding hydrogens is 362 g/mol. The largest absolute Gasteiger partial charge is 0.358 e. The van der Waals surface area contributed by atoms with Crippen LogP contribution >= 0.6 is 0 Å². The van der Waals surface area contributed by atoms with E-state index in [4.69, 9.17) is 0 Å². The first-order chi connectivity index (χ1) is 14.2. The zero-order valence-electron chi connectivity index (χ0n) is 16.4.